The lowest BCUT2D eigenvalue weighted by atomic mass is 9.84. The van der Waals surface area contributed by atoms with Crippen LogP contribution in [0.4, 0.5) is 13.2 Å². The van der Waals surface area contributed by atoms with Crippen LogP contribution in [0.3, 0.4) is 0 Å². The van der Waals surface area contributed by atoms with Crippen molar-refractivity contribution in [2.45, 2.75) is 61.9 Å². The molecule has 0 saturated carbocycles. The molecule has 2 aliphatic rings. The summed E-state index contributed by atoms with van der Waals surface area (Å²) < 4.78 is 55.7. The van der Waals surface area contributed by atoms with Crippen LogP contribution in [0.15, 0.2) is 23.1 Å². The number of carbonyl (C=O) groups is 1. The lowest BCUT2D eigenvalue weighted by Gasteiger charge is -2.47. The third-order valence-corrected chi connectivity index (χ3v) is 6.31. The molecule has 0 spiro atoms. The maximum atomic E-state index is 12.6. The molecule has 1 aromatic rings. The molecule has 2 heterocycles. The van der Waals surface area contributed by atoms with Gasteiger partial charge in [-0.3, -0.25) is 9.00 Å². The minimum atomic E-state index is -4.55. The Morgan fingerprint density at radius 3 is 2.67 bits per heavy atom. The first-order valence-corrected chi connectivity index (χ1v) is 10.1. The first-order chi connectivity index (χ1) is 12.5. The number of ether oxygens (including phenoxy) is 1. The minimum absolute atomic E-state index is 0.00367. The summed E-state index contributed by atoms with van der Waals surface area (Å²) in [6.45, 7) is 3.83. The summed E-state index contributed by atoms with van der Waals surface area (Å²) in [5.74, 6) is -1.19. The Hall–Kier alpha value is -1.61. The molecular formula is C18H22F3NO4S. The molecule has 0 radical (unpaired) electrons. The molecule has 3 atom stereocenters. The third kappa shape index (κ3) is 4.13. The number of hydrogen-bond donors (Lipinski definition) is 1. The van der Waals surface area contributed by atoms with Gasteiger partial charge in [0.1, 0.15) is 23.2 Å². The van der Waals surface area contributed by atoms with E-state index in [0.717, 1.165) is 12.8 Å². The van der Waals surface area contributed by atoms with E-state index in [-0.39, 0.29) is 10.8 Å². The van der Waals surface area contributed by atoms with E-state index in [0.29, 0.717) is 24.3 Å². The maximum Gasteiger partial charge on any atom is 0.400 e. The number of carbonyl (C=O) groups excluding carboxylic acids is 1. The van der Waals surface area contributed by atoms with Crippen molar-refractivity contribution in [2.75, 3.05) is 12.3 Å². The van der Waals surface area contributed by atoms with Crippen molar-refractivity contribution >= 4 is 16.7 Å². The molecule has 3 rings (SSSR count). The molecule has 0 aromatic heterocycles. The van der Waals surface area contributed by atoms with E-state index in [4.69, 9.17) is 4.74 Å². The van der Waals surface area contributed by atoms with E-state index < -0.39 is 40.5 Å². The van der Waals surface area contributed by atoms with Gasteiger partial charge in [0.15, 0.2) is 0 Å². The molecule has 5 nitrogen and oxygen atoms in total. The predicted octanol–water partition coefficient (Wildman–Crippen LogP) is 2.94. The number of rotatable bonds is 3. The van der Waals surface area contributed by atoms with Gasteiger partial charge >= 0.3 is 6.18 Å². The van der Waals surface area contributed by atoms with E-state index >= 15 is 0 Å². The number of aliphatic hydroxyl groups excluding tert-OH is 1. The van der Waals surface area contributed by atoms with Crippen LogP contribution >= 0.6 is 0 Å². The molecular weight excluding hydrogens is 383 g/mol. The van der Waals surface area contributed by atoms with Crippen molar-refractivity contribution in [3.05, 3.63) is 23.8 Å². The lowest BCUT2D eigenvalue weighted by Crippen LogP contribution is -2.55. The highest BCUT2D eigenvalue weighted by Gasteiger charge is 2.47. The average molecular weight is 405 g/mol. The Morgan fingerprint density at radius 1 is 1.33 bits per heavy atom. The molecule has 0 aliphatic carbocycles. The predicted molar refractivity (Wildman–Crippen MR) is 92.8 cm³/mol. The minimum Gasteiger partial charge on any atom is -0.485 e. The Bertz CT molecular complexity index is 765. The molecule has 1 saturated heterocycles. The van der Waals surface area contributed by atoms with Gasteiger partial charge in [-0.2, -0.15) is 13.2 Å². The molecule has 2 aliphatic heterocycles. The molecule has 1 N–H and O–H groups in total. The number of aliphatic hydroxyl groups is 1. The molecule has 1 fully saturated rings. The number of halogens is 3. The van der Waals surface area contributed by atoms with Crippen LogP contribution in [0.2, 0.25) is 0 Å². The van der Waals surface area contributed by atoms with Gasteiger partial charge in [-0.1, -0.05) is 0 Å². The van der Waals surface area contributed by atoms with E-state index in [1.54, 1.807) is 18.7 Å². The summed E-state index contributed by atoms with van der Waals surface area (Å²) in [5.41, 5.74) is -0.590. The van der Waals surface area contributed by atoms with Crippen LogP contribution in [-0.4, -0.2) is 50.3 Å². The standard InChI is InChI=1S/C18H22F3NO4S/c1-17(2)16(24)15(22-8-4-3-5-14(22)23)12-9-11(6-7-13(12)26-17)27(25)10-18(19,20)21/h6-7,9,15-16,24H,3-5,8,10H2,1-2H3. The number of alkyl halides is 3. The Morgan fingerprint density at radius 2 is 2.04 bits per heavy atom. The van der Waals surface area contributed by atoms with Crippen molar-refractivity contribution < 1.29 is 32.0 Å². The normalized spacial score (nSPS) is 26.3. The van der Waals surface area contributed by atoms with E-state index in [1.165, 1.54) is 18.2 Å². The SMILES string of the molecule is CC1(C)Oc2ccc(S(=O)CC(F)(F)F)cc2C(N2CCCCC2=O)C1O. The van der Waals surface area contributed by atoms with Crippen LogP contribution in [0.5, 0.6) is 5.75 Å². The molecule has 0 bridgehead atoms. The second-order valence-corrected chi connectivity index (χ2v) is 8.90. The van der Waals surface area contributed by atoms with Crippen molar-refractivity contribution in [3.63, 3.8) is 0 Å². The zero-order chi connectivity index (χ0) is 20.0. The van der Waals surface area contributed by atoms with Gasteiger partial charge in [0, 0.05) is 23.4 Å². The van der Waals surface area contributed by atoms with Crippen molar-refractivity contribution in [1.29, 1.82) is 0 Å². The summed E-state index contributed by atoms with van der Waals surface area (Å²) in [6, 6.07) is 3.42. The number of fused-ring (bicyclic) bond motifs is 1. The smallest absolute Gasteiger partial charge is 0.400 e. The quantitative estimate of drug-likeness (QED) is 0.840. The Labute approximate surface area is 157 Å². The zero-order valence-electron chi connectivity index (χ0n) is 15.1. The number of piperidine rings is 1. The van der Waals surface area contributed by atoms with Crippen molar-refractivity contribution in [3.8, 4) is 5.75 Å². The zero-order valence-corrected chi connectivity index (χ0v) is 15.9. The number of likely N-dealkylation sites (tertiary alicyclic amines) is 1. The number of amides is 1. The first-order valence-electron chi connectivity index (χ1n) is 8.75. The van der Waals surface area contributed by atoms with Crippen molar-refractivity contribution in [2.24, 2.45) is 0 Å². The highest BCUT2D eigenvalue weighted by atomic mass is 32.2. The highest BCUT2D eigenvalue weighted by Crippen LogP contribution is 2.44. The molecule has 27 heavy (non-hydrogen) atoms. The second-order valence-electron chi connectivity index (χ2n) is 7.44. The van der Waals surface area contributed by atoms with Crippen LogP contribution < -0.4 is 4.74 Å². The maximum absolute atomic E-state index is 12.6. The number of nitrogens with zero attached hydrogens (tertiary/aromatic N) is 1. The van der Waals surface area contributed by atoms with Gasteiger partial charge in [0.25, 0.3) is 0 Å². The van der Waals surface area contributed by atoms with Crippen LogP contribution in [0.25, 0.3) is 0 Å². The first kappa shape index (κ1) is 20.1. The van der Waals surface area contributed by atoms with Crippen LogP contribution in [0, 0.1) is 0 Å². The van der Waals surface area contributed by atoms with Crippen LogP contribution in [-0.2, 0) is 15.6 Å². The highest BCUT2D eigenvalue weighted by molar-refractivity contribution is 7.85. The molecule has 9 heteroatoms. The van der Waals surface area contributed by atoms with Gasteiger partial charge in [-0.05, 0) is 44.9 Å². The number of hydrogen-bond acceptors (Lipinski definition) is 4. The second kappa shape index (κ2) is 7.09. The fourth-order valence-corrected chi connectivity index (χ4v) is 4.52. The van der Waals surface area contributed by atoms with Gasteiger partial charge in [0.2, 0.25) is 5.91 Å². The monoisotopic (exact) mass is 405 g/mol. The summed E-state index contributed by atoms with van der Waals surface area (Å²) in [4.78, 5) is 14.0. The number of benzene rings is 1. The Kier molecular flexibility index (Phi) is 5.28. The molecule has 150 valence electrons. The summed E-state index contributed by atoms with van der Waals surface area (Å²) in [5, 5.41) is 10.9. The van der Waals surface area contributed by atoms with Crippen LogP contribution in [0.1, 0.15) is 44.7 Å². The molecule has 3 unspecified atom stereocenters. The largest absolute Gasteiger partial charge is 0.485 e. The molecule has 1 amide bonds. The topological polar surface area (TPSA) is 66.8 Å². The van der Waals surface area contributed by atoms with Gasteiger partial charge in [0.05, 0.1) is 16.8 Å². The Balaban J connectivity index is 2.03. The van der Waals surface area contributed by atoms with E-state index in [9.17, 15) is 27.3 Å². The lowest BCUT2D eigenvalue weighted by molar-refractivity contribution is -0.147. The average Bonchev–Trinajstić information content (AvgIpc) is 2.55. The summed E-state index contributed by atoms with van der Waals surface area (Å²) in [6.07, 6.45) is -3.72. The van der Waals surface area contributed by atoms with Gasteiger partial charge < -0.3 is 14.7 Å². The summed E-state index contributed by atoms with van der Waals surface area (Å²) >= 11 is 0. The van der Waals surface area contributed by atoms with E-state index in [2.05, 4.69) is 0 Å². The summed E-state index contributed by atoms with van der Waals surface area (Å²) in [7, 11) is -2.28. The third-order valence-electron chi connectivity index (χ3n) is 4.94. The van der Waals surface area contributed by atoms with E-state index in [1.807, 2.05) is 0 Å². The van der Waals surface area contributed by atoms with Crippen molar-refractivity contribution in [1.82, 2.24) is 4.90 Å². The van der Waals surface area contributed by atoms with Gasteiger partial charge in [-0.15, -0.1) is 0 Å². The van der Waals surface area contributed by atoms with Gasteiger partial charge in [-0.25, -0.2) is 0 Å². The molecule has 1 aromatic carbocycles. The fraction of sp³-hybridized carbons (Fsp3) is 0.611. The fourth-order valence-electron chi connectivity index (χ4n) is 3.58.